The Morgan fingerprint density at radius 2 is 1.89 bits per heavy atom. The van der Waals surface area contributed by atoms with Gasteiger partial charge in [0, 0.05) is 10.9 Å². The Bertz CT molecular complexity index is 524. The first-order valence-corrected chi connectivity index (χ1v) is 5.64. The molecule has 1 aromatic heterocycles. The van der Waals surface area contributed by atoms with E-state index in [2.05, 4.69) is 15.1 Å². The first kappa shape index (κ1) is 12.7. The predicted octanol–water partition coefficient (Wildman–Crippen LogP) is 2.99. The third-order valence-corrected chi connectivity index (χ3v) is 2.78. The highest BCUT2D eigenvalue weighted by Crippen LogP contribution is 2.28. The topological polar surface area (TPSA) is 60.2 Å². The van der Waals surface area contributed by atoms with Gasteiger partial charge >= 0.3 is 6.36 Å². The summed E-state index contributed by atoms with van der Waals surface area (Å²) in [5, 5.41) is 2.27. The summed E-state index contributed by atoms with van der Waals surface area (Å²) in [7, 11) is 0. The minimum atomic E-state index is -4.68. The number of halogens is 3. The van der Waals surface area contributed by atoms with E-state index in [1.165, 1.54) is 35.6 Å². The Morgan fingerprint density at radius 1 is 1.22 bits per heavy atom. The highest BCUT2D eigenvalue weighted by molar-refractivity contribution is 7.14. The lowest BCUT2D eigenvalue weighted by Crippen LogP contribution is -2.16. The zero-order valence-corrected chi connectivity index (χ0v) is 9.68. The molecule has 0 unspecified atom stereocenters. The van der Waals surface area contributed by atoms with Crippen LogP contribution in [-0.2, 0) is 0 Å². The molecule has 1 heterocycles. The molecule has 0 bridgehead atoms. The maximum atomic E-state index is 12.0. The molecule has 0 saturated carbocycles. The molecule has 2 rings (SSSR count). The van der Waals surface area contributed by atoms with Crippen molar-refractivity contribution in [2.45, 2.75) is 6.36 Å². The molecule has 96 valence electrons. The molecular weight excluding hydrogens is 267 g/mol. The third kappa shape index (κ3) is 3.11. The summed E-state index contributed by atoms with van der Waals surface area (Å²) in [5.41, 5.74) is 3.71. The fourth-order valence-corrected chi connectivity index (χ4v) is 1.93. The first-order valence-electron chi connectivity index (χ1n) is 4.76. The zero-order chi connectivity index (χ0) is 13.2. The Morgan fingerprint density at radius 3 is 2.39 bits per heavy atom. The van der Waals surface area contributed by atoms with Gasteiger partial charge in [-0.25, -0.2) is 10.8 Å². The van der Waals surface area contributed by atoms with Crippen molar-refractivity contribution >= 4 is 16.5 Å². The van der Waals surface area contributed by atoms with Crippen molar-refractivity contribution in [3.63, 3.8) is 0 Å². The van der Waals surface area contributed by atoms with Crippen LogP contribution >= 0.6 is 11.3 Å². The van der Waals surface area contributed by atoms with Gasteiger partial charge in [0.05, 0.1) is 5.69 Å². The summed E-state index contributed by atoms with van der Waals surface area (Å²) in [6, 6.07) is 5.46. The second kappa shape index (κ2) is 4.83. The molecule has 0 fully saturated rings. The number of hydrogen-bond acceptors (Lipinski definition) is 5. The SMILES string of the molecule is NNc1nc(-c2ccc(OC(F)(F)F)cc2)cs1. The number of hydrogen-bond donors (Lipinski definition) is 2. The zero-order valence-electron chi connectivity index (χ0n) is 8.86. The summed E-state index contributed by atoms with van der Waals surface area (Å²) < 4.78 is 39.6. The molecule has 0 aliphatic heterocycles. The number of alkyl halides is 3. The van der Waals surface area contributed by atoms with Gasteiger partial charge in [0.1, 0.15) is 5.75 Å². The van der Waals surface area contributed by atoms with Crippen molar-refractivity contribution in [1.29, 1.82) is 0 Å². The second-order valence-corrected chi connectivity index (χ2v) is 4.11. The molecule has 8 heteroatoms. The van der Waals surface area contributed by atoms with Crippen LogP contribution in [0.4, 0.5) is 18.3 Å². The van der Waals surface area contributed by atoms with Crippen LogP contribution in [0.25, 0.3) is 11.3 Å². The van der Waals surface area contributed by atoms with Gasteiger partial charge < -0.3 is 4.74 Å². The van der Waals surface area contributed by atoms with E-state index in [0.717, 1.165) is 0 Å². The van der Waals surface area contributed by atoms with Crippen LogP contribution in [0.15, 0.2) is 29.6 Å². The average molecular weight is 275 g/mol. The van der Waals surface area contributed by atoms with Crippen LogP contribution in [0.2, 0.25) is 0 Å². The van der Waals surface area contributed by atoms with Gasteiger partial charge in [-0.1, -0.05) is 0 Å². The van der Waals surface area contributed by atoms with E-state index in [9.17, 15) is 13.2 Å². The predicted molar refractivity (Wildman–Crippen MR) is 62.0 cm³/mol. The van der Waals surface area contributed by atoms with Crippen LogP contribution in [0, 0.1) is 0 Å². The van der Waals surface area contributed by atoms with E-state index in [-0.39, 0.29) is 5.75 Å². The summed E-state index contributed by atoms with van der Waals surface area (Å²) in [6.07, 6.45) is -4.68. The Hall–Kier alpha value is -1.80. The lowest BCUT2D eigenvalue weighted by molar-refractivity contribution is -0.274. The van der Waals surface area contributed by atoms with Crippen LogP contribution in [-0.4, -0.2) is 11.3 Å². The normalized spacial score (nSPS) is 11.3. The molecular formula is C10H8F3N3OS. The highest BCUT2D eigenvalue weighted by atomic mass is 32.1. The molecule has 4 nitrogen and oxygen atoms in total. The summed E-state index contributed by atoms with van der Waals surface area (Å²) >= 11 is 1.30. The van der Waals surface area contributed by atoms with Crippen molar-refractivity contribution in [2.75, 3.05) is 5.43 Å². The molecule has 0 spiro atoms. The van der Waals surface area contributed by atoms with E-state index in [1.807, 2.05) is 0 Å². The number of nitrogens with one attached hydrogen (secondary N) is 1. The van der Waals surface area contributed by atoms with Crippen LogP contribution < -0.4 is 16.0 Å². The van der Waals surface area contributed by atoms with E-state index >= 15 is 0 Å². The highest BCUT2D eigenvalue weighted by Gasteiger charge is 2.30. The number of benzene rings is 1. The molecule has 0 atom stereocenters. The second-order valence-electron chi connectivity index (χ2n) is 3.25. The molecule has 0 radical (unpaired) electrons. The number of nitrogen functional groups attached to an aromatic ring is 1. The lowest BCUT2D eigenvalue weighted by Gasteiger charge is -2.08. The third-order valence-electron chi connectivity index (χ3n) is 2.01. The van der Waals surface area contributed by atoms with E-state index in [1.54, 1.807) is 5.38 Å². The fourth-order valence-electron chi connectivity index (χ4n) is 1.30. The first-order chi connectivity index (χ1) is 8.48. The van der Waals surface area contributed by atoms with Gasteiger partial charge in [-0.3, -0.25) is 5.43 Å². The summed E-state index contributed by atoms with van der Waals surface area (Å²) in [4.78, 5) is 4.12. The van der Waals surface area contributed by atoms with E-state index in [0.29, 0.717) is 16.4 Å². The Labute approximate surface area is 104 Å². The molecule has 18 heavy (non-hydrogen) atoms. The smallest absolute Gasteiger partial charge is 0.406 e. The number of thiazole rings is 1. The van der Waals surface area contributed by atoms with Gasteiger partial charge in [-0.05, 0) is 24.3 Å². The van der Waals surface area contributed by atoms with Gasteiger partial charge in [0.15, 0.2) is 5.13 Å². The summed E-state index contributed by atoms with van der Waals surface area (Å²) in [5.74, 6) is 4.92. The minimum Gasteiger partial charge on any atom is -0.406 e. The van der Waals surface area contributed by atoms with Gasteiger partial charge in [-0.2, -0.15) is 0 Å². The van der Waals surface area contributed by atoms with Crippen LogP contribution in [0.3, 0.4) is 0 Å². The molecule has 0 saturated heterocycles. The van der Waals surface area contributed by atoms with Gasteiger partial charge in [0.2, 0.25) is 0 Å². The maximum Gasteiger partial charge on any atom is 0.573 e. The number of anilines is 1. The van der Waals surface area contributed by atoms with Crippen molar-refractivity contribution in [3.05, 3.63) is 29.6 Å². The molecule has 0 aliphatic carbocycles. The van der Waals surface area contributed by atoms with Crippen molar-refractivity contribution in [3.8, 4) is 17.0 Å². The molecule has 0 aliphatic rings. The maximum absolute atomic E-state index is 12.0. The van der Waals surface area contributed by atoms with E-state index < -0.39 is 6.36 Å². The molecule has 1 aromatic carbocycles. The van der Waals surface area contributed by atoms with Gasteiger partial charge in [-0.15, -0.1) is 24.5 Å². The quantitative estimate of drug-likeness (QED) is 0.667. The number of nitrogens with two attached hydrogens (primary N) is 1. The number of ether oxygens (including phenoxy) is 1. The van der Waals surface area contributed by atoms with Crippen molar-refractivity contribution in [1.82, 2.24) is 4.98 Å². The Kier molecular flexibility index (Phi) is 3.39. The largest absolute Gasteiger partial charge is 0.573 e. The molecule has 0 amide bonds. The number of hydrazine groups is 1. The fraction of sp³-hybridized carbons (Fsp3) is 0.100. The lowest BCUT2D eigenvalue weighted by atomic mass is 10.2. The van der Waals surface area contributed by atoms with Crippen LogP contribution in [0.1, 0.15) is 0 Å². The van der Waals surface area contributed by atoms with Crippen molar-refractivity contribution in [2.24, 2.45) is 5.84 Å². The number of nitrogens with zero attached hydrogens (tertiary/aromatic N) is 1. The van der Waals surface area contributed by atoms with E-state index in [4.69, 9.17) is 5.84 Å². The minimum absolute atomic E-state index is 0.265. The summed E-state index contributed by atoms with van der Waals surface area (Å²) in [6.45, 7) is 0. The average Bonchev–Trinajstić information content (AvgIpc) is 2.76. The molecule has 3 N–H and O–H groups in total. The van der Waals surface area contributed by atoms with Crippen LogP contribution in [0.5, 0.6) is 5.75 Å². The van der Waals surface area contributed by atoms with Gasteiger partial charge in [0.25, 0.3) is 0 Å². The standard InChI is InChI=1S/C10H8F3N3OS/c11-10(12,13)17-7-3-1-6(2-4-7)8-5-18-9(15-8)16-14/h1-5H,14H2,(H,15,16). The number of rotatable bonds is 3. The monoisotopic (exact) mass is 275 g/mol. The van der Waals surface area contributed by atoms with Crippen molar-refractivity contribution < 1.29 is 17.9 Å². The number of aromatic nitrogens is 1. The molecule has 2 aromatic rings. The Balaban J connectivity index is 2.17.